The number of likely N-dealkylation sites (tertiary alicyclic amines) is 1. The first-order valence-corrected chi connectivity index (χ1v) is 6.97. The second-order valence-electron chi connectivity index (χ2n) is 5.68. The minimum Gasteiger partial charge on any atom is -0.338 e. The van der Waals surface area contributed by atoms with Gasteiger partial charge in [0.2, 0.25) is 0 Å². The summed E-state index contributed by atoms with van der Waals surface area (Å²) in [7, 11) is 1.88. The summed E-state index contributed by atoms with van der Waals surface area (Å²) >= 11 is 0. The van der Waals surface area contributed by atoms with E-state index in [0.29, 0.717) is 5.92 Å². The van der Waals surface area contributed by atoms with Crippen molar-refractivity contribution in [2.24, 2.45) is 18.7 Å². The quantitative estimate of drug-likeness (QED) is 0.903. The number of aromatic nitrogens is 2. The predicted octanol–water partition coefficient (Wildman–Crippen LogP) is 1.66. The summed E-state index contributed by atoms with van der Waals surface area (Å²) in [6, 6.07) is 0.145. The van der Waals surface area contributed by atoms with Gasteiger partial charge in [-0.25, -0.2) is 0 Å². The van der Waals surface area contributed by atoms with Gasteiger partial charge in [-0.2, -0.15) is 5.10 Å². The molecule has 0 bridgehead atoms. The Bertz CT molecular complexity index is 484. The summed E-state index contributed by atoms with van der Waals surface area (Å²) in [5.74, 6) is 0.517. The molecule has 2 heterocycles. The van der Waals surface area contributed by atoms with Crippen LogP contribution in [0.4, 0.5) is 0 Å². The maximum absolute atomic E-state index is 12.7. The molecule has 1 fully saturated rings. The van der Waals surface area contributed by atoms with E-state index in [1.54, 1.807) is 4.68 Å². The van der Waals surface area contributed by atoms with Gasteiger partial charge in [0.15, 0.2) is 0 Å². The molecule has 1 aliphatic heterocycles. The molecule has 2 rings (SSSR count). The van der Waals surface area contributed by atoms with Gasteiger partial charge in [0.25, 0.3) is 5.91 Å². The van der Waals surface area contributed by atoms with Gasteiger partial charge in [-0.05, 0) is 39.5 Å². The monoisotopic (exact) mass is 300 g/mol. The molecule has 20 heavy (non-hydrogen) atoms. The third-order valence-corrected chi connectivity index (χ3v) is 4.21. The highest BCUT2D eigenvalue weighted by molar-refractivity contribution is 5.96. The van der Waals surface area contributed by atoms with Gasteiger partial charge in [0.1, 0.15) is 0 Å². The van der Waals surface area contributed by atoms with Crippen LogP contribution >= 0.6 is 12.4 Å². The molecule has 2 N–H and O–H groups in total. The zero-order valence-electron chi connectivity index (χ0n) is 12.7. The van der Waals surface area contributed by atoms with Crippen LogP contribution in [0.1, 0.15) is 41.5 Å². The predicted molar refractivity (Wildman–Crippen MR) is 82.2 cm³/mol. The Morgan fingerprint density at radius 3 is 2.60 bits per heavy atom. The molecule has 1 saturated heterocycles. The largest absolute Gasteiger partial charge is 0.338 e. The zero-order chi connectivity index (χ0) is 14.2. The number of hydrogen-bond acceptors (Lipinski definition) is 3. The number of halogens is 1. The third kappa shape index (κ3) is 3.15. The fourth-order valence-corrected chi connectivity index (χ4v) is 2.86. The molecule has 0 saturated carbocycles. The zero-order valence-corrected chi connectivity index (χ0v) is 13.5. The molecular formula is C14H25ClN4O. The minimum absolute atomic E-state index is 0. The van der Waals surface area contributed by atoms with E-state index in [1.807, 2.05) is 32.7 Å². The normalized spacial score (nSPS) is 20.4. The van der Waals surface area contributed by atoms with Crippen molar-refractivity contribution in [3.8, 4) is 0 Å². The number of hydrogen-bond donors (Lipinski definition) is 1. The van der Waals surface area contributed by atoms with Crippen molar-refractivity contribution < 1.29 is 4.79 Å². The molecule has 1 aliphatic rings. The Balaban J connectivity index is 0.00000200. The topological polar surface area (TPSA) is 64.2 Å². The van der Waals surface area contributed by atoms with Crippen LogP contribution in [0.3, 0.4) is 0 Å². The summed E-state index contributed by atoms with van der Waals surface area (Å²) in [5.41, 5.74) is 8.48. The molecule has 0 radical (unpaired) electrons. The standard InChI is InChI=1S/C14H24N4O.ClH/c1-9(15)12-6-5-7-18(8-12)14(19)13-10(2)16-17(4)11(13)3;/h9,12H,5-8,15H2,1-4H3;1H. The smallest absolute Gasteiger partial charge is 0.257 e. The average molecular weight is 301 g/mol. The highest BCUT2D eigenvalue weighted by atomic mass is 35.5. The van der Waals surface area contributed by atoms with E-state index in [9.17, 15) is 4.79 Å². The average Bonchev–Trinajstić information content (AvgIpc) is 2.62. The summed E-state index contributed by atoms with van der Waals surface area (Å²) in [5, 5.41) is 4.33. The lowest BCUT2D eigenvalue weighted by Gasteiger charge is -2.34. The highest BCUT2D eigenvalue weighted by Gasteiger charge is 2.29. The number of amides is 1. The lowest BCUT2D eigenvalue weighted by atomic mass is 9.91. The van der Waals surface area contributed by atoms with Crippen LogP contribution < -0.4 is 5.73 Å². The highest BCUT2D eigenvalue weighted by Crippen LogP contribution is 2.22. The van der Waals surface area contributed by atoms with Crippen molar-refractivity contribution in [3.05, 3.63) is 17.0 Å². The fourth-order valence-electron chi connectivity index (χ4n) is 2.86. The first kappa shape index (κ1) is 17.0. The molecule has 0 spiro atoms. The first-order valence-electron chi connectivity index (χ1n) is 6.97. The summed E-state index contributed by atoms with van der Waals surface area (Å²) in [4.78, 5) is 14.6. The molecule has 114 valence electrons. The molecule has 0 aliphatic carbocycles. The number of nitrogens with two attached hydrogens (primary N) is 1. The Kier molecular flexibility index (Phi) is 5.59. The third-order valence-electron chi connectivity index (χ3n) is 4.21. The van der Waals surface area contributed by atoms with Crippen molar-refractivity contribution in [3.63, 3.8) is 0 Å². The van der Waals surface area contributed by atoms with Crippen LogP contribution in [0.15, 0.2) is 0 Å². The van der Waals surface area contributed by atoms with Crippen molar-refractivity contribution >= 4 is 18.3 Å². The van der Waals surface area contributed by atoms with Crippen LogP contribution in [-0.2, 0) is 7.05 Å². The van der Waals surface area contributed by atoms with Crippen molar-refractivity contribution in [2.75, 3.05) is 13.1 Å². The number of piperidine rings is 1. The van der Waals surface area contributed by atoms with Gasteiger partial charge in [-0.15, -0.1) is 12.4 Å². The van der Waals surface area contributed by atoms with Crippen LogP contribution in [0.2, 0.25) is 0 Å². The molecular weight excluding hydrogens is 276 g/mol. The molecule has 6 heteroatoms. The van der Waals surface area contributed by atoms with Crippen LogP contribution in [-0.4, -0.2) is 39.7 Å². The SMILES string of the molecule is Cc1nn(C)c(C)c1C(=O)N1CCCC(C(C)N)C1.Cl. The molecule has 1 aromatic heterocycles. The van der Waals surface area contributed by atoms with Gasteiger partial charge in [-0.1, -0.05) is 0 Å². The molecule has 2 unspecified atom stereocenters. The second-order valence-corrected chi connectivity index (χ2v) is 5.68. The maximum atomic E-state index is 12.7. The minimum atomic E-state index is 0. The van der Waals surface area contributed by atoms with Crippen molar-refractivity contribution in [1.82, 2.24) is 14.7 Å². The molecule has 1 amide bonds. The van der Waals surface area contributed by atoms with Crippen LogP contribution in [0, 0.1) is 19.8 Å². The second kappa shape index (κ2) is 6.59. The van der Waals surface area contributed by atoms with Crippen LogP contribution in [0.5, 0.6) is 0 Å². The molecule has 1 aromatic rings. The van der Waals surface area contributed by atoms with E-state index in [4.69, 9.17) is 5.73 Å². The van der Waals surface area contributed by atoms with Crippen LogP contribution in [0.25, 0.3) is 0 Å². The summed E-state index contributed by atoms with van der Waals surface area (Å²) < 4.78 is 1.77. The van der Waals surface area contributed by atoms with Gasteiger partial charge in [0, 0.05) is 31.9 Å². The Morgan fingerprint density at radius 2 is 2.10 bits per heavy atom. The summed E-state index contributed by atoms with van der Waals surface area (Å²) in [6.07, 6.45) is 2.16. The van der Waals surface area contributed by atoms with Crippen molar-refractivity contribution in [1.29, 1.82) is 0 Å². The lowest BCUT2D eigenvalue weighted by Crippen LogP contribution is -2.45. The number of rotatable bonds is 2. The first-order chi connectivity index (χ1) is 8.91. The van der Waals surface area contributed by atoms with Gasteiger partial charge in [-0.3, -0.25) is 9.48 Å². The van der Waals surface area contributed by atoms with Crippen molar-refractivity contribution in [2.45, 2.75) is 39.7 Å². The van der Waals surface area contributed by atoms with E-state index in [1.165, 1.54) is 0 Å². The Morgan fingerprint density at radius 1 is 1.45 bits per heavy atom. The number of carbonyl (C=O) groups excluding carboxylic acids is 1. The van der Waals surface area contributed by atoms with Gasteiger partial charge >= 0.3 is 0 Å². The fraction of sp³-hybridized carbons (Fsp3) is 0.714. The van der Waals surface area contributed by atoms with Gasteiger partial charge < -0.3 is 10.6 Å². The summed E-state index contributed by atoms with van der Waals surface area (Å²) in [6.45, 7) is 7.47. The van der Waals surface area contributed by atoms with Gasteiger partial charge in [0.05, 0.1) is 11.3 Å². The lowest BCUT2D eigenvalue weighted by molar-refractivity contribution is 0.0659. The Labute approximate surface area is 126 Å². The number of carbonyl (C=O) groups is 1. The maximum Gasteiger partial charge on any atom is 0.257 e. The van der Waals surface area contributed by atoms with E-state index in [2.05, 4.69) is 5.10 Å². The number of nitrogens with zero attached hydrogens (tertiary/aromatic N) is 3. The molecule has 0 aromatic carbocycles. The van der Waals surface area contributed by atoms with E-state index in [-0.39, 0.29) is 24.4 Å². The molecule has 2 atom stereocenters. The van der Waals surface area contributed by atoms with E-state index >= 15 is 0 Å². The number of aryl methyl sites for hydroxylation is 2. The Hall–Kier alpha value is -1.07. The van der Waals surface area contributed by atoms with E-state index in [0.717, 1.165) is 42.9 Å². The molecule has 5 nitrogen and oxygen atoms in total. The van der Waals surface area contributed by atoms with E-state index < -0.39 is 0 Å².